The summed E-state index contributed by atoms with van der Waals surface area (Å²) in [6.45, 7) is 15.2. The third-order valence-corrected chi connectivity index (χ3v) is 10.4. The van der Waals surface area contributed by atoms with Crippen molar-refractivity contribution in [2.45, 2.75) is 53.9 Å². The van der Waals surface area contributed by atoms with E-state index in [9.17, 15) is 5.11 Å². The molecule has 1 nitrogen and oxygen atoms in total. The molecule has 52 heavy (non-hydrogen) atoms. The van der Waals surface area contributed by atoms with Crippen LogP contribution in [0.15, 0.2) is 164 Å². The number of fused-ring (bicyclic) bond motifs is 3. The monoisotopic (exact) mass is 676 g/mol. The number of rotatable bonds is 5. The molecule has 1 heterocycles. The van der Waals surface area contributed by atoms with Crippen LogP contribution in [0.2, 0.25) is 0 Å². The van der Waals surface area contributed by atoms with E-state index in [2.05, 4.69) is 174 Å². The van der Waals surface area contributed by atoms with Gasteiger partial charge in [-0.3, -0.25) is 0 Å². The van der Waals surface area contributed by atoms with Gasteiger partial charge in [0, 0.05) is 5.41 Å². The quantitative estimate of drug-likeness (QED) is 0.180. The first kappa shape index (κ1) is 36.2. The van der Waals surface area contributed by atoms with Gasteiger partial charge in [0.25, 0.3) is 0 Å². The summed E-state index contributed by atoms with van der Waals surface area (Å²) in [5.74, 6) is 0.300. The van der Waals surface area contributed by atoms with Crippen molar-refractivity contribution in [3.63, 3.8) is 0 Å². The predicted molar refractivity (Wildman–Crippen MR) is 226 cm³/mol. The number of phenols is 1. The molecule has 0 radical (unpaired) electrons. The third kappa shape index (κ3) is 7.39. The van der Waals surface area contributed by atoms with Crippen LogP contribution in [-0.4, -0.2) is 11.8 Å². The second kappa shape index (κ2) is 15.7. The first-order valence-electron chi connectivity index (χ1n) is 18.5. The topological polar surface area (TPSA) is 20.2 Å². The highest BCUT2D eigenvalue weighted by Crippen LogP contribution is 2.34. The number of benzene rings is 7. The van der Waals surface area contributed by atoms with Gasteiger partial charge in [-0.05, 0) is 101 Å². The molecule has 0 fully saturated rings. The second-order valence-corrected chi connectivity index (χ2v) is 14.1. The molecule has 258 valence electrons. The van der Waals surface area contributed by atoms with E-state index in [1.54, 1.807) is 12.1 Å². The van der Waals surface area contributed by atoms with Gasteiger partial charge in [-0.2, -0.15) is 0 Å². The van der Waals surface area contributed by atoms with E-state index in [1.165, 1.54) is 77.6 Å². The summed E-state index contributed by atoms with van der Waals surface area (Å²) in [5, 5.41) is 9.79. The molecule has 0 saturated heterocycles. The van der Waals surface area contributed by atoms with Crippen molar-refractivity contribution < 1.29 is 5.11 Å². The molecule has 1 N–H and O–H groups in total. The predicted octanol–water partition coefficient (Wildman–Crippen LogP) is 11.2. The lowest BCUT2D eigenvalue weighted by Crippen LogP contribution is -2.48. The minimum absolute atomic E-state index is 0.0783. The molecule has 0 unspecified atom stereocenters. The molecule has 0 saturated carbocycles. The fourth-order valence-electron chi connectivity index (χ4n) is 7.37. The molecule has 0 bridgehead atoms. The lowest BCUT2D eigenvalue weighted by Gasteiger charge is -2.26. The molecular formula is C50H49BO. The average Bonchev–Trinajstić information content (AvgIpc) is 3.51. The Morgan fingerprint density at radius 2 is 0.962 bits per heavy atom. The highest BCUT2D eigenvalue weighted by molar-refractivity contribution is 6.99. The summed E-state index contributed by atoms with van der Waals surface area (Å²) >= 11 is 0. The van der Waals surface area contributed by atoms with Gasteiger partial charge < -0.3 is 5.11 Å². The van der Waals surface area contributed by atoms with Crippen LogP contribution in [0.4, 0.5) is 0 Å². The minimum atomic E-state index is 0.0783. The van der Waals surface area contributed by atoms with Crippen LogP contribution in [-0.2, 0) is 5.41 Å². The van der Waals surface area contributed by atoms with Crippen LogP contribution in [0.1, 0.15) is 55.5 Å². The highest BCUT2D eigenvalue weighted by Gasteiger charge is 2.33. The largest absolute Gasteiger partial charge is 0.508 e. The Balaban J connectivity index is 0.000000217. The Kier molecular flexibility index (Phi) is 11.0. The molecule has 0 amide bonds. The maximum atomic E-state index is 9.79. The van der Waals surface area contributed by atoms with Crippen LogP contribution in [0.5, 0.6) is 5.75 Å². The Labute approximate surface area is 311 Å². The number of hydrogen-bond donors (Lipinski definition) is 1. The van der Waals surface area contributed by atoms with E-state index in [4.69, 9.17) is 0 Å². The Hall–Kier alpha value is -5.60. The second-order valence-electron chi connectivity index (χ2n) is 14.1. The zero-order chi connectivity index (χ0) is 36.8. The number of aryl methyl sites for hydroxylation is 3. The zero-order valence-electron chi connectivity index (χ0n) is 31.6. The molecule has 7 aromatic carbocycles. The number of aromatic hydroxyl groups is 1. The van der Waals surface area contributed by atoms with Crippen LogP contribution in [0, 0.1) is 20.8 Å². The van der Waals surface area contributed by atoms with E-state index in [1.807, 2.05) is 26.0 Å². The maximum Gasteiger partial charge on any atom is 0.242 e. The van der Waals surface area contributed by atoms with Crippen molar-refractivity contribution in [3.05, 3.63) is 192 Å². The lowest BCUT2D eigenvalue weighted by molar-refractivity contribution is 0.475. The third-order valence-electron chi connectivity index (χ3n) is 10.4. The highest BCUT2D eigenvalue weighted by atomic mass is 16.3. The number of phenolic OH excluding ortho intramolecular Hbond substituents is 1. The summed E-state index contributed by atoms with van der Waals surface area (Å²) in [7, 11) is 0. The van der Waals surface area contributed by atoms with E-state index in [-0.39, 0.29) is 12.1 Å². The van der Waals surface area contributed by atoms with Gasteiger partial charge >= 0.3 is 0 Å². The van der Waals surface area contributed by atoms with Crippen LogP contribution < -0.4 is 16.4 Å². The van der Waals surface area contributed by atoms with E-state index < -0.39 is 0 Å². The average molecular weight is 677 g/mol. The molecule has 0 aromatic heterocycles. The first-order chi connectivity index (χ1) is 25.2. The van der Waals surface area contributed by atoms with E-state index >= 15 is 0 Å². The van der Waals surface area contributed by atoms with Gasteiger partial charge in [0.15, 0.2) is 0 Å². The van der Waals surface area contributed by atoms with Crippen molar-refractivity contribution in [3.8, 4) is 39.1 Å². The number of hydrogen-bond acceptors (Lipinski definition) is 1. The molecule has 7 aromatic rings. The lowest BCUT2D eigenvalue weighted by atomic mass is 9.39. The van der Waals surface area contributed by atoms with Crippen LogP contribution in [0.25, 0.3) is 33.4 Å². The molecule has 1 aliphatic rings. The molecule has 8 rings (SSSR count). The van der Waals surface area contributed by atoms with Crippen molar-refractivity contribution in [2.75, 3.05) is 0 Å². The molecule has 0 spiro atoms. The van der Waals surface area contributed by atoms with Gasteiger partial charge in [-0.15, -0.1) is 0 Å². The van der Waals surface area contributed by atoms with Crippen LogP contribution >= 0.6 is 0 Å². The fraction of sp³-hybridized carbons (Fsp3) is 0.160. The van der Waals surface area contributed by atoms with E-state index in [0.717, 1.165) is 0 Å². The van der Waals surface area contributed by atoms with Crippen molar-refractivity contribution >= 4 is 23.1 Å². The van der Waals surface area contributed by atoms with E-state index in [0.29, 0.717) is 5.75 Å². The Morgan fingerprint density at radius 1 is 0.442 bits per heavy atom. The van der Waals surface area contributed by atoms with Gasteiger partial charge in [0.1, 0.15) is 5.75 Å². The van der Waals surface area contributed by atoms with Crippen molar-refractivity contribution in [2.24, 2.45) is 0 Å². The fourth-order valence-corrected chi connectivity index (χ4v) is 7.37. The van der Waals surface area contributed by atoms with Crippen LogP contribution in [0.3, 0.4) is 0 Å². The Morgan fingerprint density at radius 3 is 1.63 bits per heavy atom. The molecule has 0 aliphatic carbocycles. The molecule has 0 atom stereocenters. The van der Waals surface area contributed by atoms with Gasteiger partial charge in [0.05, 0.1) is 0 Å². The Bertz CT molecular complexity index is 2260. The van der Waals surface area contributed by atoms with Crippen molar-refractivity contribution in [1.29, 1.82) is 0 Å². The summed E-state index contributed by atoms with van der Waals surface area (Å²) in [5.41, 5.74) is 18.2. The maximum absolute atomic E-state index is 9.79. The molecular weight excluding hydrogens is 627 g/mol. The normalized spacial score (nSPS) is 11.4. The first-order valence-corrected chi connectivity index (χ1v) is 18.5. The molecule has 1 aliphatic heterocycles. The van der Waals surface area contributed by atoms with Gasteiger partial charge in [-0.1, -0.05) is 189 Å². The summed E-state index contributed by atoms with van der Waals surface area (Å²) in [6, 6.07) is 58.1. The summed E-state index contributed by atoms with van der Waals surface area (Å²) < 4.78 is 0. The summed E-state index contributed by atoms with van der Waals surface area (Å²) in [4.78, 5) is 0. The summed E-state index contributed by atoms with van der Waals surface area (Å²) in [6.07, 6.45) is 0. The smallest absolute Gasteiger partial charge is 0.242 e. The SMILES string of the molecule is CC.Cc1ccc(C(C)(C)c2ccccc2)cc1.Cc1ccccc1-c1cc(-c2ccc3c(c2)-c2ccccc2B3c2ccc(O)cc2)ccc1C. The standard InChI is InChI=1S/C32H25BO.C16H18.C2H6/c1-21-7-3-4-8-27(21)29-19-23(12-11-22(29)2)24-13-18-32-30(20-24)28-9-5-6-10-31(28)33(32)25-14-16-26(34)17-15-25;1-13-9-11-15(12-10-13)16(2,3)14-7-5-4-6-8-14;1-2/h3-20,34H,1-2H3;4-12H,1-3H3;1-2H3. The minimum Gasteiger partial charge on any atom is -0.508 e. The zero-order valence-corrected chi connectivity index (χ0v) is 31.6. The van der Waals surface area contributed by atoms with Gasteiger partial charge in [-0.25, -0.2) is 0 Å². The van der Waals surface area contributed by atoms with Gasteiger partial charge in [0.2, 0.25) is 6.71 Å². The van der Waals surface area contributed by atoms with Crippen molar-refractivity contribution in [1.82, 2.24) is 0 Å². The molecule has 2 heteroatoms.